The van der Waals surface area contributed by atoms with Crippen LogP contribution < -0.4 is 4.74 Å². The van der Waals surface area contributed by atoms with Gasteiger partial charge in [0.25, 0.3) is 0 Å². The number of hydrogen-bond donors (Lipinski definition) is 0. The van der Waals surface area contributed by atoms with E-state index in [1.54, 1.807) is 18.2 Å². The minimum absolute atomic E-state index is 0.391. The summed E-state index contributed by atoms with van der Waals surface area (Å²) in [6.07, 6.45) is 2.96. The van der Waals surface area contributed by atoms with Gasteiger partial charge in [0.15, 0.2) is 0 Å². The zero-order valence-corrected chi connectivity index (χ0v) is 15.6. The van der Waals surface area contributed by atoms with Gasteiger partial charge in [0.1, 0.15) is 12.4 Å². The number of allylic oxidation sites excluding steroid dienone is 1. The van der Waals surface area contributed by atoms with Crippen molar-refractivity contribution in [1.29, 1.82) is 0 Å². The summed E-state index contributed by atoms with van der Waals surface area (Å²) in [5.74, 6) is 0.751. The van der Waals surface area contributed by atoms with E-state index in [0.29, 0.717) is 16.7 Å². The van der Waals surface area contributed by atoms with Gasteiger partial charge >= 0.3 is 0 Å². The molecule has 2 aromatic rings. The summed E-state index contributed by atoms with van der Waals surface area (Å²) in [7, 11) is 0. The molecule has 0 fully saturated rings. The first-order valence-corrected chi connectivity index (χ1v) is 8.41. The summed E-state index contributed by atoms with van der Waals surface area (Å²) in [4.78, 5) is 10.7. The number of halogens is 4. The maximum atomic E-state index is 10.7. The van der Waals surface area contributed by atoms with Crippen LogP contribution in [0.2, 0.25) is 10.0 Å². The molecule has 2 aromatic carbocycles. The highest BCUT2D eigenvalue weighted by Gasteiger charge is 2.04. The Bertz CT molecular complexity index is 729. The van der Waals surface area contributed by atoms with Gasteiger partial charge < -0.3 is 4.74 Å². The van der Waals surface area contributed by atoms with Crippen molar-refractivity contribution in [2.75, 3.05) is 0 Å². The van der Waals surface area contributed by atoms with Gasteiger partial charge in [-0.3, -0.25) is 4.79 Å². The predicted octanol–water partition coefficient (Wildman–Crippen LogP) is 5.96. The minimum atomic E-state index is -0.505. The molecular formula is C16H10Cl3IO2. The first kappa shape index (κ1) is 17.6. The highest BCUT2D eigenvalue weighted by atomic mass is 127. The van der Waals surface area contributed by atoms with Gasteiger partial charge in [0, 0.05) is 0 Å². The number of rotatable bonds is 5. The van der Waals surface area contributed by atoms with E-state index in [4.69, 9.17) is 39.5 Å². The zero-order valence-electron chi connectivity index (χ0n) is 11.2. The van der Waals surface area contributed by atoms with Crippen LogP contribution in [0.1, 0.15) is 11.1 Å². The Hall–Kier alpha value is -0.750. The number of ether oxygens (including phenoxy) is 1. The molecule has 0 amide bonds. The van der Waals surface area contributed by atoms with Crippen molar-refractivity contribution in [2.24, 2.45) is 0 Å². The monoisotopic (exact) mass is 466 g/mol. The van der Waals surface area contributed by atoms with E-state index in [0.717, 1.165) is 20.4 Å². The van der Waals surface area contributed by atoms with Crippen LogP contribution in [0.25, 0.3) is 6.08 Å². The predicted molar refractivity (Wildman–Crippen MR) is 99.8 cm³/mol. The number of carbonyl (C=O) groups is 1. The van der Waals surface area contributed by atoms with Crippen molar-refractivity contribution in [1.82, 2.24) is 0 Å². The topological polar surface area (TPSA) is 26.3 Å². The first-order chi connectivity index (χ1) is 10.5. The summed E-state index contributed by atoms with van der Waals surface area (Å²) >= 11 is 19.3. The molecule has 22 heavy (non-hydrogen) atoms. The van der Waals surface area contributed by atoms with Crippen molar-refractivity contribution >= 4 is 68.7 Å². The molecule has 114 valence electrons. The lowest BCUT2D eigenvalue weighted by molar-refractivity contribution is -0.107. The second kappa shape index (κ2) is 8.20. The molecule has 0 spiro atoms. The molecule has 0 aliphatic carbocycles. The Balaban J connectivity index is 2.06. The molecule has 0 saturated carbocycles. The maximum absolute atomic E-state index is 10.7. The summed E-state index contributed by atoms with van der Waals surface area (Å²) < 4.78 is 6.70. The molecule has 2 nitrogen and oxygen atoms in total. The summed E-state index contributed by atoms with van der Waals surface area (Å²) in [5, 5.41) is 0.517. The average molecular weight is 468 g/mol. The molecule has 0 bridgehead atoms. The Morgan fingerprint density at radius 3 is 2.55 bits per heavy atom. The van der Waals surface area contributed by atoms with Crippen molar-refractivity contribution in [2.45, 2.75) is 6.61 Å². The lowest BCUT2D eigenvalue weighted by atomic mass is 10.2. The number of hydrogen-bond acceptors (Lipinski definition) is 2. The fraction of sp³-hybridized carbons (Fsp3) is 0.0625. The van der Waals surface area contributed by atoms with Gasteiger partial charge in [-0.2, -0.15) is 0 Å². The molecule has 6 heteroatoms. The van der Waals surface area contributed by atoms with Crippen molar-refractivity contribution in [3.63, 3.8) is 0 Å². The van der Waals surface area contributed by atoms with Crippen LogP contribution in [0, 0.1) is 3.57 Å². The quantitative estimate of drug-likeness (QED) is 0.308. The van der Waals surface area contributed by atoms with E-state index in [1.807, 2.05) is 24.3 Å². The van der Waals surface area contributed by atoms with E-state index < -0.39 is 5.24 Å². The molecule has 0 N–H and O–H groups in total. The molecule has 0 heterocycles. The molecule has 0 radical (unpaired) electrons. The minimum Gasteiger partial charge on any atom is -0.488 e. The third kappa shape index (κ3) is 5.16. The second-order valence-electron chi connectivity index (χ2n) is 4.36. The van der Waals surface area contributed by atoms with Crippen molar-refractivity contribution in [3.05, 3.63) is 67.2 Å². The van der Waals surface area contributed by atoms with E-state index in [1.165, 1.54) is 6.08 Å². The van der Waals surface area contributed by atoms with Crippen LogP contribution in [0.3, 0.4) is 0 Å². The van der Waals surface area contributed by atoms with Gasteiger partial charge in [0.2, 0.25) is 5.24 Å². The van der Waals surface area contributed by atoms with Crippen LogP contribution in [-0.4, -0.2) is 5.24 Å². The largest absolute Gasteiger partial charge is 0.488 e. The van der Waals surface area contributed by atoms with Crippen LogP contribution in [0.15, 0.2) is 42.5 Å². The van der Waals surface area contributed by atoms with Gasteiger partial charge in [-0.25, -0.2) is 0 Å². The number of benzene rings is 2. The first-order valence-electron chi connectivity index (χ1n) is 6.19. The van der Waals surface area contributed by atoms with Gasteiger partial charge in [-0.05, 0) is 75.7 Å². The van der Waals surface area contributed by atoms with Crippen molar-refractivity contribution < 1.29 is 9.53 Å². The molecule has 0 aromatic heterocycles. The molecule has 0 unspecified atom stereocenters. The third-order valence-corrected chi connectivity index (χ3v) is 4.45. The second-order valence-corrected chi connectivity index (χ2v) is 6.71. The SMILES string of the molecule is O=C(Cl)/C=C/c1ccc(OCc2ccc(Cl)c(Cl)c2)c(I)c1. The molecule has 0 aliphatic rings. The normalized spacial score (nSPS) is 10.9. The highest BCUT2D eigenvalue weighted by Crippen LogP contribution is 2.26. The molecule has 0 atom stereocenters. The zero-order chi connectivity index (χ0) is 16.1. The number of carbonyl (C=O) groups excluding carboxylic acids is 1. The Morgan fingerprint density at radius 2 is 1.91 bits per heavy atom. The van der Waals surface area contributed by atoms with Crippen LogP contribution in [0.4, 0.5) is 0 Å². The van der Waals surface area contributed by atoms with Crippen molar-refractivity contribution in [3.8, 4) is 5.75 Å². The fourth-order valence-electron chi connectivity index (χ4n) is 1.69. The average Bonchev–Trinajstić information content (AvgIpc) is 2.47. The Labute approximate surface area is 157 Å². The lowest BCUT2D eigenvalue weighted by Gasteiger charge is -2.09. The molecule has 0 aliphatic heterocycles. The van der Waals surface area contributed by atoms with Crippen LogP contribution >= 0.6 is 57.4 Å². The van der Waals surface area contributed by atoms with Gasteiger partial charge in [-0.1, -0.05) is 41.4 Å². The lowest BCUT2D eigenvalue weighted by Crippen LogP contribution is -1.97. The van der Waals surface area contributed by atoms with Crippen LogP contribution in [-0.2, 0) is 11.4 Å². The highest BCUT2D eigenvalue weighted by molar-refractivity contribution is 14.1. The van der Waals surface area contributed by atoms with Gasteiger partial charge in [0.05, 0.1) is 13.6 Å². The Morgan fingerprint density at radius 1 is 1.14 bits per heavy atom. The summed E-state index contributed by atoms with van der Waals surface area (Å²) in [6.45, 7) is 0.391. The summed E-state index contributed by atoms with van der Waals surface area (Å²) in [5.41, 5.74) is 1.81. The van der Waals surface area contributed by atoms with E-state index >= 15 is 0 Å². The Kier molecular flexibility index (Phi) is 6.56. The third-order valence-electron chi connectivity index (χ3n) is 2.74. The fourth-order valence-corrected chi connectivity index (χ4v) is 2.77. The summed E-state index contributed by atoms with van der Waals surface area (Å²) in [6, 6.07) is 11.0. The smallest absolute Gasteiger partial charge is 0.245 e. The van der Waals surface area contributed by atoms with Crippen LogP contribution in [0.5, 0.6) is 5.75 Å². The molecular weight excluding hydrogens is 457 g/mol. The standard InChI is InChI=1S/C16H10Cl3IO2/c17-12-4-1-11(7-13(12)18)9-22-15-5-2-10(8-14(15)20)3-6-16(19)21/h1-8H,9H2/b6-3+. The van der Waals surface area contributed by atoms with E-state index in [9.17, 15) is 4.79 Å². The van der Waals surface area contributed by atoms with E-state index in [-0.39, 0.29) is 0 Å². The molecule has 2 rings (SSSR count). The van der Waals surface area contributed by atoms with Gasteiger partial charge in [-0.15, -0.1) is 0 Å². The maximum Gasteiger partial charge on any atom is 0.245 e. The van der Waals surface area contributed by atoms with E-state index in [2.05, 4.69) is 22.6 Å². The molecule has 0 saturated heterocycles.